The molecule has 4 heteroatoms. The van der Waals surface area contributed by atoms with E-state index in [1.165, 1.54) is 0 Å². The molecule has 1 aliphatic rings. The summed E-state index contributed by atoms with van der Waals surface area (Å²) in [5, 5.41) is 0. The Bertz CT molecular complexity index is 381. The molecule has 0 radical (unpaired) electrons. The van der Waals surface area contributed by atoms with E-state index in [4.69, 9.17) is 0 Å². The summed E-state index contributed by atoms with van der Waals surface area (Å²) in [6.45, 7) is 0. The van der Waals surface area contributed by atoms with Gasteiger partial charge in [0.15, 0.2) is 0 Å². The van der Waals surface area contributed by atoms with Gasteiger partial charge < -0.3 is 0 Å². The zero-order valence-electron chi connectivity index (χ0n) is 6.83. The Morgan fingerprint density at radius 1 is 1.62 bits per heavy atom. The topological polar surface area (TPSA) is 42.3 Å². The predicted octanol–water partition coefficient (Wildman–Crippen LogP) is 2.17. The molecule has 0 unspecified atom stereocenters. The van der Waals surface area contributed by atoms with Crippen LogP contribution < -0.4 is 0 Å². The molecular weight excluding hydrogens is 232 g/mol. The van der Waals surface area contributed by atoms with Crippen molar-refractivity contribution in [3.8, 4) is 0 Å². The second kappa shape index (κ2) is 3.05. The van der Waals surface area contributed by atoms with Crippen LogP contribution in [-0.4, -0.2) is 11.1 Å². The lowest BCUT2D eigenvalue weighted by molar-refractivity contribution is 0.556. The molecule has 2 rings (SSSR count). The Morgan fingerprint density at radius 3 is 2.92 bits per heavy atom. The zero-order valence-corrected chi connectivity index (χ0v) is 8.41. The number of hydrogen-bond donors (Lipinski definition) is 0. The van der Waals surface area contributed by atoms with E-state index < -0.39 is 0 Å². The second-order valence-corrected chi connectivity index (χ2v) is 3.83. The highest BCUT2D eigenvalue weighted by molar-refractivity contribution is 9.10. The number of hydrogen-bond acceptors (Lipinski definition) is 3. The number of isocyanates is 1. The van der Waals surface area contributed by atoms with Crippen LogP contribution in [-0.2, 0) is 10.3 Å². The molecule has 0 atom stereocenters. The normalized spacial score (nSPS) is 17.6. The molecule has 0 amide bonds. The van der Waals surface area contributed by atoms with Gasteiger partial charge in [0.1, 0.15) is 10.1 Å². The molecule has 0 spiro atoms. The summed E-state index contributed by atoms with van der Waals surface area (Å²) in [4.78, 5) is 18.1. The average Bonchev–Trinajstić information content (AvgIpc) is 2.87. The highest BCUT2D eigenvalue weighted by Gasteiger charge is 2.46. The molecule has 0 bridgehead atoms. The van der Waals surface area contributed by atoms with E-state index in [0.29, 0.717) is 0 Å². The Balaban J connectivity index is 2.46. The summed E-state index contributed by atoms with van der Waals surface area (Å²) >= 11 is 3.34. The van der Waals surface area contributed by atoms with E-state index in [-0.39, 0.29) is 5.54 Å². The quantitative estimate of drug-likeness (QED) is 0.451. The maximum absolute atomic E-state index is 10.2. The number of aliphatic imine (C=N–C) groups is 1. The van der Waals surface area contributed by atoms with Gasteiger partial charge in [-0.25, -0.2) is 9.78 Å². The van der Waals surface area contributed by atoms with Crippen LogP contribution in [0.5, 0.6) is 0 Å². The van der Waals surface area contributed by atoms with E-state index in [9.17, 15) is 4.79 Å². The van der Waals surface area contributed by atoms with E-state index in [2.05, 4.69) is 25.9 Å². The summed E-state index contributed by atoms with van der Waals surface area (Å²) in [5.74, 6) is 0. The lowest BCUT2D eigenvalue weighted by Gasteiger charge is -2.08. The monoisotopic (exact) mass is 238 g/mol. The molecule has 0 saturated heterocycles. The van der Waals surface area contributed by atoms with Crippen LogP contribution in [0.25, 0.3) is 0 Å². The third-order valence-corrected chi connectivity index (χ3v) is 2.88. The van der Waals surface area contributed by atoms with Crippen molar-refractivity contribution in [1.82, 2.24) is 4.98 Å². The number of halogens is 1. The molecule has 1 fully saturated rings. The van der Waals surface area contributed by atoms with Crippen LogP contribution in [0.3, 0.4) is 0 Å². The SMILES string of the molecule is O=C=NC1(c2cccnc2Br)CC1. The van der Waals surface area contributed by atoms with Crippen LogP contribution in [0.15, 0.2) is 27.9 Å². The molecule has 13 heavy (non-hydrogen) atoms. The van der Waals surface area contributed by atoms with Crippen molar-refractivity contribution in [2.75, 3.05) is 0 Å². The lowest BCUT2D eigenvalue weighted by atomic mass is 10.1. The van der Waals surface area contributed by atoms with Gasteiger partial charge in [-0.05, 0) is 34.8 Å². The van der Waals surface area contributed by atoms with Crippen LogP contribution in [0.4, 0.5) is 0 Å². The molecule has 1 saturated carbocycles. The number of nitrogens with zero attached hydrogens (tertiary/aromatic N) is 2. The van der Waals surface area contributed by atoms with Crippen molar-refractivity contribution >= 4 is 22.0 Å². The molecule has 0 aliphatic heterocycles. The first-order chi connectivity index (χ1) is 6.28. The highest BCUT2D eigenvalue weighted by Crippen LogP contribution is 2.50. The fourth-order valence-corrected chi connectivity index (χ4v) is 2.00. The van der Waals surface area contributed by atoms with Crippen molar-refractivity contribution in [1.29, 1.82) is 0 Å². The van der Waals surface area contributed by atoms with Crippen molar-refractivity contribution in [2.24, 2.45) is 4.99 Å². The number of pyridine rings is 1. The Labute approximate surface area is 84.0 Å². The standard InChI is InChI=1S/C9H7BrN2O/c10-8-7(2-1-5-11-8)9(3-4-9)12-6-13/h1-2,5H,3-4H2. The van der Waals surface area contributed by atoms with E-state index in [1.54, 1.807) is 12.3 Å². The van der Waals surface area contributed by atoms with Crippen molar-refractivity contribution in [3.05, 3.63) is 28.5 Å². The molecule has 0 N–H and O–H groups in total. The Hall–Kier alpha value is -0.990. The van der Waals surface area contributed by atoms with E-state index >= 15 is 0 Å². The molecule has 1 aromatic heterocycles. The van der Waals surface area contributed by atoms with Gasteiger partial charge in [0.05, 0.1) is 0 Å². The molecule has 3 nitrogen and oxygen atoms in total. The van der Waals surface area contributed by atoms with Gasteiger partial charge in [0, 0.05) is 11.8 Å². The molecule has 66 valence electrons. The smallest absolute Gasteiger partial charge is 0.235 e. The molecular formula is C9H7BrN2O. The first-order valence-electron chi connectivity index (χ1n) is 3.98. The summed E-state index contributed by atoms with van der Waals surface area (Å²) < 4.78 is 0.770. The molecule has 1 heterocycles. The van der Waals surface area contributed by atoms with Gasteiger partial charge in [-0.2, -0.15) is 4.99 Å². The van der Waals surface area contributed by atoms with Crippen LogP contribution >= 0.6 is 15.9 Å². The third-order valence-electron chi connectivity index (χ3n) is 2.24. The van der Waals surface area contributed by atoms with Crippen LogP contribution in [0.1, 0.15) is 18.4 Å². The number of aromatic nitrogens is 1. The maximum atomic E-state index is 10.2. The molecule has 1 aromatic rings. The van der Waals surface area contributed by atoms with E-state index in [0.717, 1.165) is 23.0 Å². The zero-order chi connectivity index (χ0) is 9.31. The van der Waals surface area contributed by atoms with Gasteiger partial charge in [0.25, 0.3) is 0 Å². The fraction of sp³-hybridized carbons (Fsp3) is 0.333. The fourth-order valence-electron chi connectivity index (χ4n) is 1.38. The minimum Gasteiger partial charge on any atom is -0.249 e. The number of rotatable bonds is 2. The van der Waals surface area contributed by atoms with Gasteiger partial charge in [-0.3, -0.25) is 0 Å². The van der Waals surface area contributed by atoms with Gasteiger partial charge in [0.2, 0.25) is 6.08 Å². The molecule has 0 aromatic carbocycles. The van der Waals surface area contributed by atoms with Gasteiger partial charge in [-0.1, -0.05) is 6.07 Å². The summed E-state index contributed by atoms with van der Waals surface area (Å²) in [6.07, 6.45) is 5.14. The summed E-state index contributed by atoms with van der Waals surface area (Å²) in [5.41, 5.74) is 0.660. The maximum Gasteiger partial charge on any atom is 0.235 e. The van der Waals surface area contributed by atoms with E-state index in [1.807, 2.05) is 12.1 Å². The summed E-state index contributed by atoms with van der Waals surface area (Å²) in [7, 11) is 0. The first kappa shape index (κ1) is 8.60. The van der Waals surface area contributed by atoms with Crippen LogP contribution in [0.2, 0.25) is 0 Å². The summed E-state index contributed by atoms with van der Waals surface area (Å²) in [6, 6.07) is 3.78. The minimum absolute atomic E-state index is 0.325. The highest BCUT2D eigenvalue weighted by atomic mass is 79.9. The van der Waals surface area contributed by atoms with Crippen molar-refractivity contribution in [2.45, 2.75) is 18.4 Å². The first-order valence-corrected chi connectivity index (χ1v) is 4.78. The van der Waals surface area contributed by atoms with Gasteiger partial charge >= 0.3 is 0 Å². The Kier molecular flexibility index (Phi) is 2.02. The number of carbonyl (C=O) groups excluding carboxylic acids is 1. The van der Waals surface area contributed by atoms with Crippen molar-refractivity contribution in [3.63, 3.8) is 0 Å². The van der Waals surface area contributed by atoms with Crippen LogP contribution in [0, 0.1) is 0 Å². The molecule has 1 aliphatic carbocycles. The lowest BCUT2D eigenvalue weighted by Crippen LogP contribution is -2.03. The van der Waals surface area contributed by atoms with Crippen molar-refractivity contribution < 1.29 is 4.79 Å². The average molecular weight is 239 g/mol. The predicted molar refractivity (Wildman–Crippen MR) is 51.0 cm³/mol. The minimum atomic E-state index is -0.325. The largest absolute Gasteiger partial charge is 0.249 e. The second-order valence-electron chi connectivity index (χ2n) is 3.08. The Morgan fingerprint density at radius 2 is 2.38 bits per heavy atom. The van der Waals surface area contributed by atoms with Gasteiger partial charge in [-0.15, -0.1) is 0 Å². The third kappa shape index (κ3) is 1.43.